The molecule has 2 aromatic carbocycles. The fourth-order valence-corrected chi connectivity index (χ4v) is 3.56. The highest BCUT2D eigenvalue weighted by Gasteiger charge is 2.28. The second-order valence-electron chi connectivity index (χ2n) is 6.64. The van der Waals surface area contributed by atoms with Crippen molar-refractivity contribution < 1.29 is 14.7 Å². The Morgan fingerprint density at radius 1 is 1.04 bits per heavy atom. The molecular weight excluding hydrogens is 302 g/mol. The Kier molecular flexibility index (Phi) is 5.23. The molecule has 0 spiro atoms. The first-order chi connectivity index (χ1) is 11.6. The van der Waals surface area contributed by atoms with E-state index >= 15 is 0 Å². The maximum Gasteiger partial charge on any atom is 0.269 e. The largest absolute Gasteiger partial charge is 0.322 e. The Morgan fingerprint density at radius 3 is 2.42 bits per heavy atom. The minimum absolute atomic E-state index is 0.187. The molecule has 0 amide bonds. The molecule has 1 aliphatic rings. The molecular formula is C19H25N3O2+2. The lowest BCUT2D eigenvalue weighted by Crippen LogP contribution is -3.27. The summed E-state index contributed by atoms with van der Waals surface area (Å²) in [7, 11) is 0. The van der Waals surface area contributed by atoms with Gasteiger partial charge < -0.3 is 9.80 Å². The molecule has 3 rings (SSSR count). The molecule has 1 aliphatic heterocycles. The van der Waals surface area contributed by atoms with Gasteiger partial charge in [-0.3, -0.25) is 10.1 Å². The predicted octanol–water partition coefficient (Wildman–Crippen LogP) is 0.639. The standard InChI is InChI=1S/C19H23N3O2/c1-16(18-8-5-9-19(14-18)22(23)24)21-12-10-20(11-13-21)15-17-6-3-2-4-7-17/h2-9,14,16H,10-13,15H2,1H3/p+2/t16-/m0/s1. The summed E-state index contributed by atoms with van der Waals surface area (Å²) in [4.78, 5) is 13.8. The van der Waals surface area contributed by atoms with Crippen molar-refractivity contribution in [3.05, 3.63) is 75.8 Å². The molecule has 0 aromatic heterocycles. The van der Waals surface area contributed by atoms with Crippen molar-refractivity contribution in [3.63, 3.8) is 0 Å². The van der Waals surface area contributed by atoms with Gasteiger partial charge in [-0.05, 0) is 6.92 Å². The van der Waals surface area contributed by atoms with E-state index in [0.717, 1.165) is 38.3 Å². The SMILES string of the molecule is C[C@@H](c1cccc([N+](=O)[O-])c1)[NH+]1CC[NH+](Cc2ccccc2)CC1. The fraction of sp³-hybridized carbons (Fsp3) is 0.368. The smallest absolute Gasteiger partial charge is 0.269 e. The van der Waals surface area contributed by atoms with Gasteiger partial charge >= 0.3 is 0 Å². The van der Waals surface area contributed by atoms with Crippen molar-refractivity contribution in [2.75, 3.05) is 26.2 Å². The normalized spacial score (nSPS) is 22.0. The highest BCUT2D eigenvalue weighted by Crippen LogP contribution is 2.17. The van der Waals surface area contributed by atoms with Gasteiger partial charge in [0.1, 0.15) is 38.8 Å². The van der Waals surface area contributed by atoms with E-state index in [-0.39, 0.29) is 10.6 Å². The van der Waals surface area contributed by atoms with E-state index in [4.69, 9.17) is 0 Å². The molecule has 0 bridgehead atoms. The zero-order valence-electron chi connectivity index (χ0n) is 14.1. The molecule has 0 radical (unpaired) electrons. The number of hydrogen-bond acceptors (Lipinski definition) is 2. The lowest BCUT2D eigenvalue weighted by Gasteiger charge is -2.33. The Balaban J connectivity index is 1.58. The average molecular weight is 327 g/mol. The van der Waals surface area contributed by atoms with E-state index in [1.165, 1.54) is 10.5 Å². The molecule has 2 aromatic rings. The Labute approximate surface area is 142 Å². The third-order valence-electron chi connectivity index (χ3n) is 5.09. The zero-order chi connectivity index (χ0) is 16.9. The summed E-state index contributed by atoms with van der Waals surface area (Å²) in [6, 6.07) is 18.0. The first-order valence-corrected chi connectivity index (χ1v) is 8.60. The highest BCUT2D eigenvalue weighted by atomic mass is 16.6. The van der Waals surface area contributed by atoms with Gasteiger partial charge in [0, 0.05) is 23.3 Å². The second-order valence-corrected chi connectivity index (χ2v) is 6.64. The van der Waals surface area contributed by atoms with Crippen LogP contribution >= 0.6 is 0 Å². The minimum Gasteiger partial charge on any atom is -0.322 e. The van der Waals surface area contributed by atoms with Gasteiger partial charge in [0.2, 0.25) is 0 Å². The van der Waals surface area contributed by atoms with Gasteiger partial charge in [0.05, 0.1) is 4.92 Å². The van der Waals surface area contributed by atoms with Crippen LogP contribution in [0.15, 0.2) is 54.6 Å². The molecule has 5 heteroatoms. The third-order valence-corrected chi connectivity index (χ3v) is 5.09. The lowest BCUT2D eigenvalue weighted by molar-refractivity contribution is -1.03. The maximum atomic E-state index is 11.0. The van der Waals surface area contributed by atoms with Gasteiger partial charge in [0.15, 0.2) is 0 Å². The number of benzene rings is 2. The number of nitro groups is 1. The van der Waals surface area contributed by atoms with Crippen molar-refractivity contribution in [1.82, 2.24) is 0 Å². The Bertz CT molecular complexity index is 682. The van der Waals surface area contributed by atoms with E-state index in [9.17, 15) is 10.1 Å². The summed E-state index contributed by atoms with van der Waals surface area (Å²) in [6.07, 6.45) is 0. The maximum absolute atomic E-state index is 11.0. The van der Waals surface area contributed by atoms with E-state index in [1.54, 1.807) is 23.1 Å². The minimum atomic E-state index is -0.312. The van der Waals surface area contributed by atoms with Crippen LogP contribution in [0, 0.1) is 10.1 Å². The van der Waals surface area contributed by atoms with Crippen molar-refractivity contribution >= 4 is 5.69 Å². The van der Waals surface area contributed by atoms with Gasteiger partial charge in [0.25, 0.3) is 5.69 Å². The molecule has 24 heavy (non-hydrogen) atoms. The number of nitro benzene ring substituents is 1. The summed E-state index contributed by atoms with van der Waals surface area (Å²) < 4.78 is 0. The average Bonchev–Trinajstić information content (AvgIpc) is 2.63. The molecule has 1 heterocycles. The van der Waals surface area contributed by atoms with Crippen molar-refractivity contribution in [2.45, 2.75) is 19.5 Å². The van der Waals surface area contributed by atoms with Crippen LogP contribution in [0.1, 0.15) is 24.1 Å². The van der Waals surface area contributed by atoms with Crippen LogP contribution in [0.2, 0.25) is 0 Å². The van der Waals surface area contributed by atoms with E-state index < -0.39 is 0 Å². The van der Waals surface area contributed by atoms with Crippen LogP contribution in [-0.4, -0.2) is 31.1 Å². The molecule has 1 saturated heterocycles. The molecule has 0 aliphatic carbocycles. The van der Waals surface area contributed by atoms with Crippen LogP contribution in [0.4, 0.5) is 5.69 Å². The van der Waals surface area contributed by atoms with E-state index in [0.29, 0.717) is 6.04 Å². The lowest BCUT2D eigenvalue weighted by atomic mass is 10.1. The monoisotopic (exact) mass is 327 g/mol. The number of nitrogens with one attached hydrogen (secondary N) is 2. The number of piperazine rings is 1. The molecule has 5 nitrogen and oxygen atoms in total. The van der Waals surface area contributed by atoms with Crippen LogP contribution in [0.5, 0.6) is 0 Å². The molecule has 1 atom stereocenters. The Morgan fingerprint density at radius 2 is 1.75 bits per heavy atom. The summed E-state index contributed by atoms with van der Waals surface area (Å²) in [6.45, 7) is 7.75. The number of nitrogens with zero attached hydrogens (tertiary/aromatic N) is 1. The number of hydrogen-bond donors (Lipinski definition) is 2. The predicted molar refractivity (Wildman–Crippen MR) is 93.1 cm³/mol. The van der Waals surface area contributed by atoms with Crippen LogP contribution < -0.4 is 9.80 Å². The number of rotatable bonds is 5. The number of quaternary nitrogens is 2. The highest BCUT2D eigenvalue weighted by molar-refractivity contribution is 5.35. The Hall–Kier alpha value is -2.24. The molecule has 126 valence electrons. The quantitative estimate of drug-likeness (QED) is 0.625. The molecule has 0 unspecified atom stereocenters. The van der Waals surface area contributed by atoms with Crippen LogP contribution in [-0.2, 0) is 6.54 Å². The molecule has 2 N–H and O–H groups in total. The zero-order valence-corrected chi connectivity index (χ0v) is 14.1. The third kappa shape index (κ3) is 3.99. The van der Waals surface area contributed by atoms with Gasteiger partial charge in [-0.15, -0.1) is 0 Å². The van der Waals surface area contributed by atoms with Crippen molar-refractivity contribution in [3.8, 4) is 0 Å². The number of non-ortho nitro benzene ring substituents is 1. The first kappa shape index (κ1) is 16.6. The topological polar surface area (TPSA) is 52.0 Å². The summed E-state index contributed by atoms with van der Waals surface area (Å²) in [5.41, 5.74) is 2.64. The molecule has 0 saturated carbocycles. The first-order valence-electron chi connectivity index (χ1n) is 8.60. The van der Waals surface area contributed by atoms with Gasteiger partial charge in [-0.1, -0.05) is 42.5 Å². The van der Waals surface area contributed by atoms with Crippen LogP contribution in [0.3, 0.4) is 0 Å². The van der Waals surface area contributed by atoms with E-state index in [2.05, 4.69) is 37.3 Å². The fourth-order valence-electron chi connectivity index (χ4n) is 3.56. The second kappa shape index (κ2) is 7.55. The van der Waals surface area contributed by atoms with Crippen molar-refractivity contribution in [1.29, 1.82) is 0 Å². The van der Waals surface area contributed by atoms with Gasteiger partial charge in [-0.2, -0.15) is 0 Å². The summed E-state index contributed by atoms with van der Waals surface area (Å²) in [5, 5.41) is 11.0. The summed E-state index contributed by atoms with van der Waals surface area (Å²) in [5.74, 6) is 0. The molecule has 1 fully saturated rings. The van der Waals surface area contributed by atoms with E-state index in [1.807, 2.05) is 6.07 Å². The summed E-state index contributed by atoms with van der Waals surface area (Å²) >= 11 is 0. The van der Waals surface area contributed by atoms with Crippen molar-refractivity contribution in [2.24, 2.45) is 0 Å². The van der Waals surface area contributed by atoms with Gasteiger partial charge in [-0.25, -0.2) is 0 Å². The van der Waals surface area contributed by atoms with Crippen LogP contribution in [0.25, 0.3) is 0 Å².